The van der Waals surface area contributed by atoms with Crippen molar-refractivity contribution in [2.24, 2.45) is 5.73 Å². The van der Waals surface area contributed by atoms with E-state index in [4.69, 9.17) is 15.9 Å². The molecule has 0 spiro atoms. The molecule has 0 aromatic heterocycles. The number of carbonyl (C=O) groups excluding carboxylic acids is 3. The van der Waals surface area contributed by atoms with E-state index < -0.39 is 73.8 Å². The summed E-state index contributed by atoms with van der Waals surface area (Å²) in [6.45, 7) is -1.48. The van der Waals surface area contributed by atoms with Crippen LogP contribution in [0.3, 0.4) is 0 Å². The molecule has 0 aliphatic carbocycles. The summed E-state index contributed by atoms with van der Waals surface area (Å²) < 4.78 is 0. The topological polar surface area (TPSA) is 232 Å². The van der Waals surface area contributed by atoms with Crippen molar-refractivity contribution in [3.05, 3.63) is 0 Å². The first-order valence-electron chi connectivity index (χ1n) is 7.49. The van der Waals surface area contributed by atoms with Crippen molar-refractivity contribution in [3.63, 3.8) is 0 Å². The number of nitrogens with one attached hydrogen (secondary N) is 3. The highest BCUT2D eigenvalue weighted by Crippen LogP contribution is 1.94. The molecule has 0 bridgehead atoms. The molecule has 13 heteroatoms. The number of carbonyl (C=O) groups is 4. The van der Waals surface area contributed by atoms with Gasteiger partial charge in [-0.2, -0.15) is 0 Å². The second-order valence-corrected chi connectivity index (χ2v) is 5.34. The number of carboxylic acids is 1. The van der Waals surface area contributed by atoms with Gasteiger partial charge in [0.25, 0.3) is 0 Å². The minimum Gasteiger partial charge on any atom is -0.480 e. The molecule has 0 radical (unpaired) electrons. The van der Waals surface area contributed by atoms with Crippen LogP contribution < -0.4 is 21.7 Å². The van der Waals surface area contributed by atoms with Gasteiger partial charge in [-0.15, -0.1) is 0 Å². The van der Waals surface area contributed by atoms with E-state index in [2.05, 4.69) is 5.32 Å². The zero-order valence-electron chi connectivity index (χ0n) is 14.0. The second-order valence-electron chi connectivity index (χ2n) is 5.34. The first-order chi connectivity index (χ1) is 12.1. The summed E-state index contributed by atoms with van der Waals surface area (Å²) in [5.41, 5.74) is 5.38. The highest BCUT2D eigenvalue weighted by molar-refractivity contribution is 5.94. The minimum atomic E-state index is -1.65. The van der Waals surface area contributed by atoms with Gasteiger partial charge in [0.05, 0.1) is 25.9 Å². The minimum absolute atomic E-state index is 0.877. The van der Waals surface area contributed by atoms with E-state index in [1.165, 1.54) is 6.92 Å². The maximum atomic E-state index is 12.0. The third-order valence-electron chi connectivity index (χ3n) is 3.25. The molecule has 13 nitrogen and oxygen atoms in total. The van der Waals surface area contributed by atoms with Gasteiger partial charge in [-0.1, -0.05) is 0 Å². The van der Waals surface area contributed by atoms with Crippen LogP contribution in [-0.2, 0) is 19.2 Å². The molecule has 10 N–H and O–H groups in total. The summed E-state index contributed by atoms with van der Waals surface area (Å²) in [7, 11) is 0. The van der Waals surface area contributed by atoms with Crippen LogP contribution >= 0.6 is 0 Å². The third kappa shape index (κ3) is 7.28. The molecule has 0 fully saturated rings. The Labute approximate surface area is 148 Å². The largest absolute Gasteiger partial charge is 0.480 e. The Bertz CT molecular complexity index is 514. The summed E-state index contributed by atoms with van der Waals surface area (Å²) >= 11 is 0. The van der Waals surface area contributed by atoms with Gasteiger partial charge in [-0.05, 0) is 6.92 Å². The second kappa shape index (κ2) is 11.3. The van der Waals surface area contributed by atoms with Gasteiger partial charge in [-0.3, -0.25) is 14.4 Å². The fourth-order valence-corrected chi connectivity index (χ4v) is 1.61. The van der Waals surface area contributed by atoms with Crippen molar-refractivity contribution in [3.8, 4) is 0 Å². The van der Waals surface area contributed by atoms with E-state index in [0.717, 1.165) is 0 Å². The molecule has 0 aromatic carbocycles. The molecule has 5 atom stereocenters. The van der Waals surface area contributed by atoms with Crippen LogP contribution in [0.15, 0.2) is 0 Å². The van der Waals surface area contributed by atoms with E-state index >= 15 is 0 Å². The molecular weight excluding hydrogens is 356 g/mol. The predicted molar refractivity (Wildman–Crippen MR) is 84.3 cm³/mol. The molecule has 3 amide bonds. The van der Waals surface area contributed by atoms with Gasteiger partial charge in [0.15, 0.2) is 0 Å². The summed E-state index contributed by atoms with van der Waals surface area (Å²) in [6, 6.07) is -6.16. The van der Waals surface area contributed by atoms with Gasteiger partial charge in [-0.25, -0.2) is 4.79 Å². The van der Waals surface area contributed by atoms with Crippen LogP contribution in [-0.4, -0.2) is 99.3 Å². The van der Waals surface area contributed by atoms with Crippen molar-refractivity contribution in [2.45, 2.75) is 37.2 Å². The van der Waals surface area contributed by atoms with Crippen LogP contribution in [0.1, 0.15) is 6.92 Å². The van der Waals surface area contributed by atoms with Crippen molar-refractivity contribution < 1.29 is 44.7 Å². The predicted octanol–water partition coefficient (Wildman–Crippen LogP) is -5.79. The Hall–Kier alpha value is -2.32. The van der Waals surface area contributed by atoms with Crippen molar-refractivity contribution >= 4 is 23.7 Å². The Morgan fingerprint density at radius 2 is 1.15 bits per heavy atom. The lowest BCUT2D eigenvalue weighted by atomic mass is 10.1. The number of hydrogen-bond donors (Lipinski definition) is 9. The lowest BCUT2D eigenvalue weighted by molar-refractivity contribution is -0.143. The number of carboxylic acid groups (broad SMARTS) is 1. The van der Waals surface area contributed by atoms with E-state index in [0.29, 0.717) is 0 Å². The van der Waals surface area contributed by atoms with E-state index in [1.807, 2.05) is 10.6 Å². The fraction of sp³-hybridized carbons (Fsp3) is 0.692. The van der Waals surface area contributed by atoms with Gasteiger partial charge in [0.2, 0.25) is 17.7 Å². The Balaban J connectivity index is 4.91. The van der Waals surface area contributed by atoms with Gasteiger partial charge in [0, 0.05) is 0 Å². The molecule has 150 valence electrons. The first kappa shape index (κ1) is 23.7. The van der Waals surface area contributed by atoms with E-state index in [9.17, 15) is 34.5 Å². The number of amides is 3. The number of aliphatic carboxylic acids is 1. The quantitative estimate of drug-likeness (QED) is 0.165. The van der Waals surface area contributed by atoms with Gasteiger partial charge in [0.1, 0.15) is 24.2 Å². The molecule has 0 aliphatic rings. The molecule has 0 rings (SSSR count). The Kier molecular flexibility index (Phi) is 10.3. The third-order valence-corrected chi connectivity index (χ3v) is 3.25. The van der Waals surface area contributed by atoms with Crippen LogP contribution in [0.5, 0.6) is 0 Å². The van der Waals surface area contributed by atoms with E-state index in [-0.39, 0.29) is 0 Å². The number of aliphatic hydroxyl groups excluding tert-OH is 4. The Morgan fingerprint density at radius 3 is 1.46 bits per heavy atom. The number of nitrogens with two attached hydrogens (primary N) is 1. The lowest BCUT2D eigenvalue weighted by Gasteiger charge is -2.23. The molecule has 0 saturated heterocycles. The maximum absolute atomic E-state index is 12.0. The summed E-state index contributed by atoms with van der Waals surface area (Å²) in [5.74, 6) is -4.64. The SMILES string of the molecule is CC(O)C(N)C(=O)N[C@H](CO)C(=O)N[C@@H](CO)C(=O)N[C@@H](CO)C(=O)O. The average molecular weight is 380 g/mol. The zero-order chi connectivity index (χ0) is 20.4. The first-order valence-corrected chi connectivity index (χ1v) is 7.49. The standard InChI is InChI=1S/C13H24N4O9/c1-5(21)9(14)12(24)16-7(3-19)10(22)15-6(2-18)11(23)17-8(4-20)13(25)26/h5-9,18-21H,2-4,14H2,1H3,(H,15,22)(H,16,24)(H,17,23)(H,25,26)/t5?,6-,7+,8-,9?/m0/s1. The van der Waals surface area contributed by atoms with Crippen molar-refractivity contribution in [1.82, 2.24) is 16.0 Å². The molecule has 26 heavy (non-hydrogen) atoms. The number of aliphatic hydroxyl groups is 4. The van der Waals surface area contributed by atoms with Crippen LogP contribution in [0, 0.1) is 0 Å². The normalized spacial score (nSPS) is 16.5. The van der Waals surface area contributed by atoms with Crippen molar-refractivity contribution in [2.75, 3.05) is 19.8 Å². The monoisotopic (exact) mass is 380 g/mol. The molecule has 2 unspecified atom stereocenters. The molecule has 0 aliphatic heterocycles. The zero-order valence-corrected chi connectivity index (χ0v) is 14.0. The molecule has 0 saturated carbocycles. The van der Waals surface area contributed by atoms with E-state index in [1.54, 1.807) is 0 Å². The highest BCUT2D eigenvalue weighted by atomic mass is 16.4. The number of rotatable bonds is 11. The maximum Gasteiger partial charge on any atom is 0.328 e. The Morgan fingerprint density at radius 1 is 0.808 bits per heavy atom. The number of hydrogen-bond acceptors (Lipinski definition) is 9. The average Bonchev–Trinajstić information content (AvgIpc) is 2.59. The van der Waals surface area contributed by atoms with Crippen LogP contribution in [0.4, 0.5) is 0 Å². The highest BCUT2D eigenvalue weighted by Gasteiger charge is 2.30. The lowest BCUT2D eigenvalue weighted by Crippen LogP contribution is -2.60. The van der Waals surface area contributed by atoms with Crippen LogP contribution in [0.25, 0.3) is 0 Å². The summed E-state index contributed by atoms with van der Waals surface area (Å²) in [5, 5.41) is 51.1. The van der Waals surface area contributed by atoms with Crippen LogP contribution in [0.2, 0.25) is 0 Å². The molecule has 0 aromatic rings. The van der Waals surface area contributed by atoms with Gasteiger partial charge < -0.3 is 47.2 Å². The van der Waals surface area contributed by atoms with Gasteiger partial charge >= 0.3 is 5.97 Å². The summed E-state index contributed by atoms with van der Waals surface area (Å²) in [6.07, 6.45) is -1.22. The molecular formula is C13H24N4O9. The van der Waals surface area contributed by atoms with Crippen molar-refractivity contribution in [1.29, 1.82) is 0 Å². The molecule has 0 heterocycles. The summed E-state index contributed by atoms with van der Waals surface area (Å²) in [4.78, 5) is 46.3. The smallest absolute Gasteiger partial charge is 0.328 e. The fourth-order valence-electron chi connectivity index (χ4n) is 1.61.